The summed E-state index contributed by atoms with van der Waals surface area (Å²) in [7, 11) is 0. The van der Waals surface area contributed by atoms with Gasteiger partial charge in [0.15, 0.2) is 0 Å². The van der Waals surface area contributed by atoms with Gasteiger partial charge in [-0.05, 0) is 48.9 Å². The highest BCUT2D eigenvalue weighted by molar-refractivity contribution is 5.48. The summed E-state index contributed by atoms with van der Waals surface area (Å²) < 4.78 is 5.92. The highest BCUT2D eigenvalue weighted by atomic mass is 16.5. The number of hydrogen-bond acceptors (Lipinski definition) is 3. The minimum atomic E-state index is -0.0441. The number of ether oxygens (including phenoxy) is 1. The summed E-state index contributed by atoms with van der Waals surface area (Å²) in [6.45, 7) is 5.04. The molecule has 1 atom stereocenters. The molecule has 1 heterocycles. The van der Waals surface area contributed by atoms with Gasteiger partial charge in [0.05, 0.1) is 12.6 Å². The number of hydrogen-bond donors (Lipinski definition) is 2. The first-order chi connectivity index (χ1) is 10.2. The van der Waals surface area contributed by atoms with E-state index in [9.17, 15) is 0 Å². The molecule has 3 heteroatoms. The normalized spacial score (nSPS) is 15.2. The van der Waals surface area contributed by atoms with Crippen molar-refractivity contribution >= 4 is 0 Å². The lowest BCUT2D eigenvalue weighted by atomic mass is 9.92. The van der Waals surface area contributed by atoms with Crippen molar-refractivity contribution in [2.45, 2.75) is 32.7 Å². The lowest BCUT2D eigenvalue weighted by molar-refractivity contribution is 0.283. The van der Waals surface area contributed by atoms with E-state index >= 15 is 0 Å². The van der Waals surface area contributed by atoms with Crippen LogP contribution in [0.15, 0.2) is 36.4 Å². The number of para-hydroxylation sites is 1. The SMILES string of the molecule is Cc1ccc(C(NN)c2cccc3c2OCCC3)cc1C. The van der Waals surface area contributed by atoms with Crippen molar-refractivity contribution in [1.29, 1.82) is 0 Å². The van der Waals surface area contributed by atoms with Gasteiger partial charge in [0.1, 0.15) is 5.75 Å². The Hall–Kier alpha value is -1.84. The Balaban J connectivity index is 2.06. The molecule has 0 amide bonds. The van der Waals surface area contributed by atoms with Crippen LogP contribution >= 0.6 is 0 Å². The summed E-state index contributed by atoms with van der Waals surface area (Å²) in [5.74, 6) is 6.86. The highest BCUT2D eigenvalue weighted by Gasteiger charge is 2.21. The molecule has 0 spiro atoms. The Labute approximate surface area is 126 Å². The second-order valence-corrected chi connectivity index (χ2v) is 5.73. The molecule has 1 aliphatic heterocycles. The molecule has 3 N–H and O–H groups in total. The van der Waals surface area contributed by atoms with Crippen LogP contribution < -0.4 is 16.0 Å². The van der Waals surface area contributed by atoms with Crippen molar-refractivity contribution in [2.75, 3.05) is 6.61 Å². The molecule has 2 aromatic carbocycles. The third kappa shape index (κ3) is 2.67. The maximum absolute atomic E-state index is 5.92. The van der Waals surface area contributed by atoms with E-state index in [2.05, 4.69) is 55.7 Å². The highest BCUT2D eigenvalue weighted by Crippen LogP contribution is 2.35. The van der Waals surface area contributed by atoms with Gasteiger partial charge in [-0.2, -0.15) is 0 Å². The van der Waals surface area contributed by atoms with Gasteiger partial charge in [0, 0.05) is 5.56 Å². The lowest BCUT2D eigenvalue weighted by Crippen LogP contribution is -2.30. The Bertz CT molecular complexity index is 652. The van der Waals surface area contributed by atoms with E-state index in [1.54, 1.807) is 0 Å². The topological polar surface area (TPSA) is 47.3 Å². The summed E-state index contributed by atoms with van der Waals surface area (Å²) in [6, 6.07) is 12.8. The number of fused-ring (bicyclic) bond motifs is 1. The van der Waals surface area contributed by atoms with Crippen LogP contribution in [0.5, 0.6) is 5.75 Å². The van der Waals surface area contributed by atoms with Crippen molar-refractivity contribution < 1.29 is 4.74 Å². The zero-order valence-electron chi connectivity index (χ0n) is 12.6. The van der Waals surface area contributed by atoms with Crippen molar-refractivity contribution in [1.82, 2.24) is 5.43 Å². The molecule has 1 aliphatic rings. The van der Waals surface area contributed by atoms with Crippen LogP contribution in [-0.4, -0.2) is 6.61 Å². The first kappa shape index (κ1) is 14.1. The van der Waals surface area contributed by atoms with E-state index in [-0.39, 0.29) is 6.04 Å². The second-order valence-electron chi connectivity index (χ2n) is 5.73. The molecule has 0 radical (unpaired) electrons. The average Bonchev–Trinajstić information content (AvgIpc) is 2.52. The lowest BCUT2D eigenvalue weighted by Gasteiger charge is -2.25. The van der Waals surface area contributed by atoms with Crippen LogP contribution in [0.1, 0.15) is 40.3 Å². The standard InChI is InChI=1S/C18H22N2O/c1-12-8-9-15(11-13(12)2)17(20-19)16-7-3-5-14-6-4-10-21-18(14)16/h3,5,7-9,11,17,20H,4,6,10,19H2,1-2H3. The zero-order valence-corrected chi connectivity index (χ0v) is 12.6. The van der Waals surface area contributed by atoms with Crippen LogP contribution in [0.25, 0.3) is 0 Å². The summed E-state index contributed by atoms with van der Waals surface area (Å²) in [5, 5.41) is 0. The van der Waals surface area contributed by atoms with Crippen LogP contribution in [0.4, 0.5) is 0 Å². The number of nitrogens with two attached hydrogens (primary N) is 1. The van der Waals surface area contributed by atoms with Gasteiger partial charge >= 0.3 is 0 Å². The van der Waals surface area contributed by atoms with E-state index in [0.717, 1.165) is 30.8 Å². The van der Waals surface area contributed by atoms with E-state index < -0.39 is 0 Å². The molecule has 3 rings (SSSR count). The first-order valence-corrected chi connectivity index (χ1v) is 7.48. The number of benzene rings is 2. The fourth-order valence-corrected chi connectivity index (χ4v) is 2.95. The minimum Gasteiger partial charge on any atom is -0.493 e. The molecule has 0 saturated heterocycles. The molecular formula is C18H22N2O. The minimum absolute atomic E-state index is 0.0441. The predicted molar refractivity (Wildman–Crippen MR) is 85.3 cm³/mol. The van der Waals surface area contributed by atoms with E-state index in [1.165, 1.54) is 22.3 Å². The average molecular weight is 282 g/mol. The molecule has 21 heavy (non-hydrogen) atoms. The number of rotatable bonds is 3. The smallest absolute Gasteiger partial charge is 0.127 e. The monoisotopic (exact) mass is 282 g/mol. The van der Waals surface area contributed by atoms with Gasteiger partial charge in [0.2, 0.25) is 0 Å². The maximum Gasteiger partial charge on any atom is 0.127 e. The maximum atomic E-state index is 5.92. The van der Waals surface area contributed by atoms with Gasteiger partial charge in [-0.25, -0.2) is 5.43 Å². The number of hydrazine groups is 1. The number of aryl methyl sites for hydroxylation is 3. The fourth-order valence-electron chi connectivity index (χ4n) is 2.95. The Morgan fingerprint density at radius 2 is 2.00 bits per heavy atom. The van der Waals surface area contributed by atoms with Gasteiger partial charge < -0.3 is 4.74 Å². The summed E-state index contributed by atoms with van der Waals surface area (Å²) in [4.78, 5) is 0. The number of nitrogens with one attached hydrogen (secondary N) is 1. The molecule has 2 aromatic rings. The van der Waals surface area contributed by atoms with Gasteiger partial charge in [-0.3, -0.25) is 5.84 Å². The Morgan fingerprint density at radius 3 is 2.76 bits per heavy atom. The van der Waals surface area contributed by atoms with Crippen LogP contribution in [0.2, 0.25) is 0 Å². The summed E-state index contributed by atoms with van der Waals surface area (Å²) in [5.41, 5.74) is 9.09. The Morgan fingerprint density at radius 1 is 1.14 bits per heavy atom. The zero-order chi connectivity index (χ0) is 14.8. The van der Waals surface area contributed by atoms with Crippen molar-refractivity contribution in [3.63, 3.8) is 0 Å². The molecule has 0 fully saturated rings. The van der Waals surface area contributed by atoms with Crippen molar-refractivity contribution in [3.8, 4) is 5.75 Å². The molecule has 110 valence electrons. The molecule has 0 aromatic heterocycles. The van der Waals surface area contributed by atoms with Crippen LogP contribution in [-0.2, 0) is 6.42 Å². The fraction of sp³-hybridized carbons (Fsp3) is 0.333. The van der Waals surface area contributed by atoms with Crippen molar-refractivity contribution in [2.24, 2.45) is 5.84 Å². The molecule has 3 nitrogen and oxygen atoms in total. The second kappa shape index (κ2) is 5.88. The molecule has 0 aliphatic carbocycles. The first-order valence-electron chi connectivity index (χ1n) is 7.48. The molecule has 0 saturated carbocycles. The van der Waals surface area contributed by atoms with E-state index in [0.29, 0.717) is 0 Å². The van der Waals surface area contributed by atoms with Crippen LogP contribution in [0.3, 0.4) is 0 Å². The van der Waals surface area contributed by atoms with Gasteiger partial charge in [0.25, 0.3) is 0 Å². The third-order valence-electron chi connectivity index (χ3n) is 4.31. The largest absolute Gasteiger partial charge is 0.493 e. The van der Waals surface area contributed by atoms with Gasteiger partial charge in [-0.15, -0.1) is 0 Å². The Kier molecular flexibility index (Phi) is 3.95. The summed E-state index contributed by atoms with van der Waals surface area (Å²) >= 11 is 0. The predicted octanol–water partition coefficient (Wildman–Crippen LogP) is 3.18. The van der Waals surface area contributed by atoms with Crippen LogP contribution in [0, 0.1) is 13.8 Å². The molecule has 1 unspecified atom stereocenters. The van der Waals surface area contributed by atoms with E-state index in [1.807, 2.05) is 0 Å². The quantitative estimate of drug-likeness (QED) is 0.671. The molecular weight excluding hydrogens is 260 g/mol. The van der Waals surface area contributed by atoms with E-state index in [4.69, 9.17) is 10.6 Å². The summed E-state index contributed by atoms with van der Waals surface area (Å²) in [6.07, 6.45) is 2.16. The van der Waals surface area contributed by atoms with Gasteiger partial charge in [-0.1, -0.05) is 36.4 Å². The molecule has 0 bridgehead atoms. The van der Waals surface area contributed by atoms with Crippen molar-refractivity contribution in [3.05, 3.63) is 64.2 Å². The third-order valence-corrected chi connectivity index (χ3v) is 4.31.